The molecule has 0 heterocycles. The molecule has 88 valence electrons. The highest BCUT2D eigenvalue weighted by Gasteiger charge is 2.09. The van der Waals surface area contributed by atoms with Gasteiger partial charge in [0.05, 0.1) is 14.2 Å². The number of hydrogen-bond acceptors (Lipinski definition) is 2. The molecule has 0 aliphatic heterocycles. The molecule has 0 spiro atoms. The highest BCUT2D eigenvalue weighted by Crippen LogP contribution is 2.31. The summed E-state index contributed by atoms with van der Waals surface area (Å²) in [6.45, 7) is 4.22. The van der Waals surface area contributed by atoms with Crippen LogP contribution in [0.2, 0.25) is 0 Å². The minimum absolute atomic E-state index is 0.901. The van der Waals surface area contributed by atoms with Gasteiger partial charge in [0, 0.05) is 5.56 Å². The van der Waals surface area contributed by atoms with E-state index < -0.39 is 0 Å². The number of rotatable bonds is 5. The highest BCUT2D eigenvalue weighted by atomic mass is 16.5. The highest BCUT2D eigenvalue weighted by molar-refractivity contribution is 5.59. The summed E-state index contributed by atoms with van der Waals surface area (Å²) >= 11 is 0. The van der Waals surface area contributed by atoms with Crippen molar-refractivity contribution in [2.45, 2.75) is 26.7 Å². The van der Waals surface area contributed by atoms with Crippen LogP contribution < -0.4 is 9.47 Å². The van der Waals surface area contributed by atoms with Crippen molar-refractivity contribution in [3.05, 3.63) is 29.3 Å². The van der Waals surface area contributed by atoms with E-state index in [9.17, 15) is 0 Å². The molecule has 2 nitrogen and oxygen atoms in total. The van der Waals surface area contributed by atoms with E-state index in [1.807, 2.05) is 12.1 Å². The van der Waals surface area contributed by atoms with E-state index in [0.717, 1.165) is 35.5 Å². The van der Waals surface area contributed by atoms with Crippen molar-refractivity contribution < 1.29 is 9.47 Å². The first-order chi connectivity index (χ1) is 7.76. The molecule has 0 amide bonds. The van der Waals surface area contributed by atoms with Gasteiger partial charge in [-0.1, -0.05) is 26.0 Å². The zero-order valence-electron chi connectivity index (χ0n) is 10.5. The molecule has 0 N–H and O–H groups in total. The van der Waals surface area contributed by atoms with Crippen LogP contribution in [0.4, 0.5) is 0 Å². The fraction of sp³-hybridized carbons (Fsp3) is 0.429. The van der Waals surface area contributed by atoms with Crippen molar-refractivity contribution in [2.24, 2.45) is 0 Å². The largest absolute Gasteiger partial charge is 0.496 e. The molecule has 0 aliphatic rings. The first kappa shape index (κ1) is 12.6. The summed E-state index contributed by atoms with van der Waals surface area (Å²) in [7, 11) is 3.39. The minimum atomic E-state index is 0.901. The molecule has 0 bridgehead atoms. The maximum Gasteiger partial charge on any atom is 0.126 e. The Bertz CT molecular complexity index is 342. The van der Waals surface area contributed by atoms with E-state index >= 15 is 0 Å². The molecule has 0 atom stereocenters. The summed E-state index contributed by atoms with van der Waals surface area (Å²) in [5.74, 6) is 1.80. The van der Waals surface area contributed by atoms with Gasteiger partial charge in [-0.25, -0.2) is 0 Å². The summed E-state index contributed by atoms with van der Waals surface area (Å²) in [6, 6.07) is 4.10. The van der Waals surface area contributed by atoms with Crippen LogP contribution in [0.5, 0.6) is 11.5 Å². The molecule has 0 aromatic heterocycles. The average molecular weight is 220 g/mol. The molecule has 0 saturated carbocycles. The summed E-state index contributed by atoms with van der Waals surface area (Å²) in [5, 5.41) is 0. The quantitative estimate of drug-likeness (QED) is 0.753. The summed E-state index contributed by atoms with van der Waals surface area (Å²) in [6.07, 6.45) is 6.15. The zero-order chi connectivity index (χ0) is 12.0. The average Bonchev–Trinajstić information content (AvgIpc) is 2.34. The predicted octanol–water partition coefficient (Wildman–Crippen LogP) is 3.69. The number of benzene rings is 1. The molecule has 0 fully saturated rings. The van der Waals surface area contributed by atoms with Crippen LogP contribution in [0.25, 0.3) is 6.08 Å². The van der Waals surface area contributed by atoms with Crippen LogP contribution >= 0.6 is 0 Å². The maximum atomic E-state index is 5.39. The lowest BCUT2D eigenvalue weighted by Gasteiger charge is -2.12. The van der Waals surface area contributed by atoms with Gasteiger partial charge < -0.3 is 9.47 Å². The van der Waals surface area contributed by atoms with Crippen LogP contribution in [-0.4, -0.2) is 14.2 Å². The molecule has 0 unspecified atom stereocenters. The molecular weight excluding hydrogens is 200 g/mol. The topological polar surface area (TPSA) is 18.5 Å². The van der Waals surface area contributed by atoms with Crippen molar-refractivity contribution in [3.8, 4) is 11.5 Å². The first-order valence-electron chi connectivity index (χ1n) is 5.68. The Morgan fingerprint density at radius 3 is 2.00 bits per heavy atom. The van der Waals surface area contributed by atoms with Gasteiger partial charge >= 0.3 is 0 Å². The second-order valence-electron chi connectivity index (χ2n) is 3.57. The van der Waals surface area contributed by atoms with Crippen molar-refractivity contribution in [1.82, 2.24) is 0 Å². The minimum Gasteiger partial charge on any atom is -0.496 e. The third kappa shape index (κ3) is 2.78. The van der Waals surface area contributed by atoms with Crippen molar-refractivity contribution in [2.75, 3.05) is 14.2 Å². The maximum absolute atomic E-state index is 5.39. The third-order valence-corrected chi connectivity index (χ3v) is 2.53. The van der Waals surface area contributed by atoms with E-state index in [4.69, 9.17) is 9.47 Å². The molecule has 0 aliphatic carbocycles. The first-order valence-corrected chi connectivity index (χ1v) is 5.68. The SMILES string of the molecule is CCC=Cc1cc(OC)c(CC)c(OC)c1. The van der Waals surface area contributed by atoms with E-state index in [2.05, 4.69) is 26.0 Å². The number of methoxy groups -OCH3 is 2. The van der Waals surface area contributed by atoms with Crippen LogP contribution in [0.15, 0.2) is 18.2 Å². The standard InChI is InChI=1S/C14H20O2/c1-5-7-8-11-9-13(15-3)12(6-2)14(10-11)16-4/h7-10H,5-6H2,1-4H3. The van der Waals surface area contributed by atoms with E-state index in [1.54, 1.807) is 14.2 Å². The van der Waals surface area contributed by atoms with Crippen LogP contribution in [0.3, 0.4) is 0 Å². The van der Waals surface area contributed by atoms with Gasteiger partial charge in [-0.3, -0.25) is 0 Å². The normalized spacial score (nSPS) is 10.8. The zero-order valence-corrected chi connectivity index (χ0v) is 10.5. The summed E-state index contributed by atoms with van der Waals surface area (Å²) in [4.78, 5) is 0. The second-order valence-corrected chi connectivity index (χ2v) is 3.57. The van der Waals surface area contributed by atoms with Gasteiger partial charge in [0.2, 0.25) is 0 Å². The number of ether oxygens (including phenoxy) is 2. The molecule has 16 heavy (non-hydrogen) atoms. The summed E-state index contributed by atoms with van der Waals surface area (Å²) in [5.41, 5.74) is 2.24. The monoisotopic (exact) mass is 220 g/mol. The molecule has 2 heteroatoms. The van der Waals surface area contributed by atoms with Crippen LogP contribution in [0.1, 0.15) is 31.4 Å². The summed E-state index contributed by atoms with van der Waals surface area (Å²) < 4.78 is 10.8. The Balaban J connectivity index is 3.20. The smallest absolute Gasteiger partial charge is 0.126 e. The van der Waals surface area contributed by atoms with Gasteiger partial charge in [-0.05, 0) is 30.5 Å². The fourth-order valence-electron chi connectivity index (χ4n) is 1.70. The number of hydrogen-bond donors (Lipinski definition) is 0. The molecule has 0 saturated heterocycles. The molecule has 1 aromatic carbocycles. The lowest BCUT2D eigenvalue weighted by Crippen LogP contribution is -1.96. The Morgan fingerprint density at radius 1 is 1.06 bits per heavy atom. The Morgan fingerprint density at radius 2 is 1.62 bits per heavy atom. The van der Waals surface area contributed by atoms with E-state index in [-0.39, 0.29) is 0 Å². The predicted molar refractivity (Wildman–Crippen MR) is 68.2 cm³/mol. The van der Waals surface area contributed by atoms with Gasteiger partial charge in [-0.15, -0.1) is 0 Å². The van der Waals surface area contributed by atoms with Gasteiger partial charge in [0.1, 0.15) is 11.5 Å². The van der Waals surface area contributed by atoms with E-state index in [0.29, 0.717) is 0 Å². The lowest BCUT2D eigenvalue weighted by atomic mass is 10.1. The van der Waals surface area contributed by atoms with Crippen LogP contribution in [-0.2, 0) is 6.42 Å². The molecular formula is C14H20O2. The lowest BCUT2D eigenvalue weighted by molar-refractivity contribution is 0.386. The van der Waals surface area contributed by atoms with Gasteiger partial charge in [0.25, 0.3) is 0 Å². The molecule has 1 rings (SSSR count). The molecule has 0 radical (unpaired) electrons. The van der Waals surface area contributed by atoms with Gasteiger partial charge in [0.15, 0.2) is 0 Å². The van der Waals surface area contributed by atoms with Crippen LogP contribution in [0, 0.1) is 0 Å². The van der Waals surface area contributed by atoms with Crippen molar-refractivity contribution >= 4 is 6.08 Å². The van der Waals surface area contributed by atoms with Crippen molar-refractivity contribution in [1.29, 1.82) is 0 Å². The van der Waals surface area contributed by atoms with Gasteiger partial charge in [-0.2, -0.15) is 0 Å². The van der Waals surface area contributed by atoms with Crippen molar-refractivity contribution in [3.63, 3.8) is 0 Å². The molecule has 1 aromatic rings. The van der Waals surface area contributed by atoms with E-state index in [1.165, 1.54) is 0 Å². The number of allylic oxidation sites excluding steroid dienone is 1. The third-order valence-electron chi connectivity index (χ3n) is 2.53. The fourth-order valence-corrected chi connectivity index (χ4v) is 1.70. The Labute approximate surface area is 97.9 Å². The Hall–Kier alpha value is -1.44. The second kappa shape index (κ2) is 6.21. The Kier molecular flexibility index (Phi) is 4.90.